The highest BCUT2D eigenvalue weighted by Gasteiger charge is 2.33. The van der Waals surface area contributed by atoms with E-state index in [2.05, 4.69) is 10.1 Å². The highest BCUT2D eigenvalue weighted by molar-refractivity contribution is 7.91. The van der Waals surface area contributed by atoms with E-state index in [9.17, 15) is 8.42 Å². The van der Waals surface area contributed by atoms with Crippen LogP contribution >= 0.6 is 0 Å². The van der Waals surface area contributed by atoms with Crippen LogP contribution in [0.1, 0.15) is 49.5 Å². The Balaban J connectivity index is 1.82. The quantitative estimate of drug-likeness (QED) is 0.824. The van der Waals surface area contributed by atoms with Crippen LogP contribution in [0, 0.1) is 0 Å². The Bertz CT molecular complexity index is 887. The predicted octanol–water partition coefficient (Wildman–Crippen LogP) is 2.37. The lowest BCUT2D eigenvalue weighted by Crippen LogP contribution is -2.17. The lowest BCUT2D eigenvalue weighted by molar-refractivity contribution is 0.174. The van der Waals surface area contributed by atoms with Crippen LogP contribution in [-0.4, -0.2) is 35.7 Å². The van der Waals surface area contributed by atoms with Gasteiger partial charge < -0.3 is 9.47 Å². The summed E-state index contributed by atoms with van der Waals surface area (Å²) in [5, 5.41) is 3.87. The summed E-state index contributed by atoms with van der Waals surface area (Å²) in [6.07, 6.45) is 2.11. The van der Waals surface area contributed by atoms with Gasteiger partial charge in [-0.2, -0.15) is 5.10 Å². The van der Waals surface area contributed by atoms with Crippen molar-refractivity contribution >= 4 is 9.84 Å². The zero-order valence-corrected chi connectivity index (χ0v) is 14.4. The van der Waals surface area contributed by atoms with Gasteiger partial charge >= 0.3 is 0 Å². The standard InChI is InChI=1S/C16H19N3O4S/c1-3-24(20,21)10(2)16-17-15(11-4-5-11)18-19(16)12-6-7-13-14(8-12)23-9-22-13/h6-8,10-11H,3-5,9H2,1-2H3. The summed E-state index contributed by atoms with van der Waals surface area (Å²) >= 11 is 0. The second-order valence-corrected chi connectivity index (χ2v) is 8.76. The van der Waals surface area contributed by atoms with Crippen molar-refractivity contribution in [3.63, 3.8) is 0 Å². The number of hydrogen-bond donors (Lipinski definition) is 0. The van der Waals surface area contributed by atoms with Crippen molar-refractivity contribution < 1.29 is 17.9 Å². The Labute approximate surface area is 140 Å². The average Bonchev–Trinajstić information content (AvgIpc) is 3.17. The third-order valence-corrected chi connectivity index (χ3v) is 6.59. The van der Waals surface area contributed by atoms with Crippen LogP contribution in [0.15, 0.2) is 18.2 Å². The Morgan fingerprint density at radius 1 is 1.29 bits per heavy atom. The van der Waals surface area contributed by atoms with Crippen molar-refractivity contribution in [1.29, 1.82) is 0 Å². The van der Waals surface area contributed by atoms with Gasteiger partial charge in [0.1, 0.15) is 5.25 Å². The Hall–Kier alpha value is -2.09. The van der Waals surface area contributed by atoms with Crippen LogP contribution in [0.25, 0.3) is 5.69 Å². The van der Waals surface area contributed by atoms with E-state index in [0.717, 1.165) is 24.4 Å². The first-order valence-corrected chi connectivity index (χ1v) is 9.79. The average molecular weight is 349 g/mol. The van der Waals surface area contributed by atoms with E-state index in [1.165, 1.54) is 0 Å². The fraction of sp³-hybridized carbons (Fsp3) is 0.500. The summed E-state index contributed by atoms with van der Waals surface area (Å²) in [7, 11) is -3.26. The maximum atomic E-state index is 12.3. The van der Waals surface area contributed by atoms with Gasteiger partial charge in [-0.15, -0.1) is 0 Å². The number of aromatic nitrogens is 3. The summed E-state index contributed by atoms with van der Waals surface area (Å²) in [6, 6.07) is 5.45. The number of rotatable bonds is 5. The number of fused-ring (bicyclic) bond motifs is 1. The normalized spacial score (nSPS) is 17.9. The summed E-state index contributed by atoms with van der Waals surface area (Å²) in [6.45, 7) is 3.51. The largest absolute Gasteiger partial charge is 0.454 e. The molecular formula is C16H19N3O4S. The minimum atomic E-state index is -3.26. The maximum absolute atomic E-state index is 12.3. The molecular weight excluding hydrogens is 330 g/mol. The highest BCUT2D eigenvalue weighted by Crippen LogP contribution is 2.40. The Morgan fingerprint density at radius 2 is 2.04 bits per heavy atom. The smallest absolute Gasteiger partial charge is 0.231 e. The first-order valence-electron chi connectivity index (χ1n) is 8.08. The second-order valence-electron chi connectivity index (χ2n) is 6.15. The molecule has 1 aromatic heterocycles. The number of nitrogens with zero attached hydrogens (tertiary/aromatic N) is 3. The Morgan fingerprint density at radius 3 is 2.75 bits per heavy atom. The zero-order valence-electron chi connectivity index (χ0n) is 13.6. The van der Waals surface area contributed by atoms with Crippen molar-refractivity contribution in [2.75, 3.05) is 12.5 Å². The molecule has 24 heavy (non-hydrogen) atoms. The lowest BCUT2D eigenvalue weighted by Gasteiger charge is -2.12. The molecule has 2 aromatic rings. The Kier molecular flexibility index (Phi) is 3.52. The molecule has 0 bridgehead atoms. The number of benzene rings is 1. The minimum absolute atomic E-state index is 0.0704. The molecule has 0 radical (unpaired) electrons. The van der Waals surface area contributed by atoms with Crippen LogP contribution in [-0.2, 0) is 9.84 Å². The fourth-order valence-corrected chi connectivity index (χ4v) is 3.71. The van der Waals surface area contributed by atoms with Crippen molar-refractivity contribution in [2.45, 2.75) is 37.9 Å². The second kappa shape index (κ2) is 5.47. The van der Waals surface area contributed by atoms with Crippen LogP contribution in [0.5, 0.6) is 11.5 Å². The number of sulfone groups is 1. The number of ether oxygens (including phenoxy) is 2. The first kappa shape index (κ1) is 15.4. The van der Waals surface area contributed by atoms with Gasteiger partial charge in [-0.3, -0.25) is 0 Å². The summed E-state index contributed by atoms with van der Waals surface area (Å²) in [5.74, 6) is 2.90. The molecule has 4 rings (SSSR count). The molecule has 2 heterocycles. The highest BCUT2D eigenvalue weighted by atomic mass is 32.2. The minimum Gasteiger partial charge on any atom is -0.454 e. The van der Waals surface area contributed by atoms with E-state index in [0.29, 0.717) is 23.2 Å². The van der Waals surface area contributed by atoms with Crippen molar-refractivity contribution in [2.24, 2.45) is 0 Å². The molecule has 1 fully saturated rings. The van der Waals surface area contributed by atoms with Crippen LogP contribution in [0.3, 0.4) is 0 Å². The molecule has 0 amide bonds. The predicted molar refractivity (Wildman–Crippen MR) is 87.3 cm³/mol. The molecule has 1 saturated carbocycles. The zero-order chi connectivity index (χ0) is 16.9. The van der Waals surface area contributed by atoms with E-state index < -0.39 is 15.1 Å². The molecule has 0 saturated heterocycles. The third kappa shape index (κ3) is 2.54. The van der Waals surface area contributed by atoms with E-state index in [4.69, 9.17) is 9.47 Å². The summed E-state index contributed by atoms with van der Waals surface area (Å²) in [4.78, 5) is 4.56. The van der Waals surface area contributed by atoms with Crippen LogP contribution in [0.4, 0.5) is 0 Å². The molecule has 0 N–H and O–H groups in total. The number of hydrogen-bond acceptors (Lipinski definition) is 6. The van der Waals surface area contributed by atoms with Gasteiger partial charge in [0.05, 0.1) is 5.69 Å². The summed E-state index contributed by atoms with van der Waals surface area (Å²) in [5.41, 5.74) is 0.729. The van der Waals surface area contributed by atoms with Crippen molar-refractivity contribution in [1.82, 2.24) is 14.8 Å². The van der Waals surface area contributed by atoms with Gasteiger partial charge in [-0.25, -0.2) is 18.1 Å². The molecule has 0 spiro atoms. The molecule has 2 aliphatic rings. The van der Waals surface area contributed by atoms with Crippen molar-refractivity contribution in [3.8, 4) is 17.2 Å². The van der Waals surface area contributed by atoms with Gasteiger partial charge in [0.15, 0.2) is 33.0 Å². The monoisotopic (exact) mass is 349 g/mol. The van der Waals surface area contributed by atoms with Gasteiger partial charge in [0.25, 0.3) is 0 Å². The molecule has 1 aliphatic heterocycles. The molecule has 1 atom stereocenters. The molecule has 1 aliphatic carbocycles. The molecule has 1 unspecified atom stereocenters. The molecule has 7 nitrogen and oxygen atoms in total. The molecule has 1 aromatic carbocycles. The maximum Gasteiger partial charge on any atom is 0.231 e. The van der Waals surface area contributed by atoms with E-state index in [-0.39, 0.29) is 12.5 Å². The van der Waals surface area contributed by atoms with Gasteiger partial charge in [-0.05, 0) is 31.9 Å². The van der Waals surface area contributed by atoms with E-state index >= 15 is 0 Å². The third-order valence-electron chi connectivity index (χ3n) is 4.50. The van der Waals surface area contributed by atoms with Gasteiger partial charge in [-0.1, -0.05) is 6.92 Å². The summed E-state index contributed by atoms with van der Waals surface area (Å²) < 4.78 is 37.1. The van der Waals surface area contributed by atoms with Gasteiger partial charge in [0, 0.05) is 17.7 Å². The lowest BCUT2D eigenvalue weighted by atomic mass is 10.2. The molecule has 128 valence electrons. The first-order chi connectivity index (χ1) is 11.5. The SMILES string of the molecule is CCS(=O)(=O)C(C)c1nc(C2CC2)nn1-c1ccc2c(c1)OCO2. The van der Waals surface area contributed by atoms with Crippen LogP contribution < -0.4 is 9.47 Å². The topological polar surface area (TPSA) is 83.3 Å². The van der Waals surface area contributed by atoms with Gasteiger partial charge in [0.2, 0.25) is 6.79 Å². The fourth-order valence-electron chi connectivity index (χ4n) is 2.74. The van der Waals surface area contributed by atoms with Crippen molar-refractivity contribution in [3.05, 3.63) is 29.8 Å². The van der Waals surface area contributed by atoms with E-state index in [1.807, 2.05) is 12.1 Å². The van der Waals surface area contributed by atoms with Crippen LogP contribution in [0.2, 0.25) is 0 Å². The molecule has 8 heteroatoms. The van der Waals surface area contributed by atoms with E-state index in [1.54, 1.807) is 24.6 Å².